The second-order valence-corrected chi connectivity index (χ2v) is 5.36. The van der Waals surface area contributed by atoms with Crippen LogP contribution in [0, 0.1) is 0 Å². The van der Waals surface area contributed by atoms with Gasteiger partial charge in [-0.3, -0.25) is 0 Å². The lowest BCUT2D eigenvalue weighted by Gasteiger charge is -2.49. The van der Waals surface area contributed by atoms with E-state index in [-0.39, 0.29) is 5.54 Å². The topological polar surface area (TPSA) is 38.5 Å². The third-order valence-corrected chi connectivity index (χ3v) is 4.32. The van der Waals surface area contributed by atoms with E-state index in [0.717, 1.165) is 32.4 Å². The van der Waals surface area contributed by atoms with E-state index >= 15 is 0 Å². The molecule has 0 aromatic heterocycles. The summed E-state index contributed by atoms with van der Waals surface area (Å²) in [6.07, 6.45) is 3.45. The summed E-state index contributed by atoms with van der Waals surface area (Å²) in [5.41, 5.74) is 7.49. The van der Waals surface area contributed by atoms with Crippen molar-refractivity contribution in [2.75, 3.05) is 24.6 Å². The Balaban J connectivity index is 2.27. The van der Waals surface area contributed by atoms with Gasteiger partial charge in [0.25, 0.3) is 0 Å². The maximum Gasteiger partial charge on any atom is 0.0595 e. The summed E-state index contributed by atoms with van der Waals surface area (Å²) in [5.74, 6) is 0. The van der Waals surface area contributed by atoms with Crippen molar-refractivity contribution in [1.82, 2.24) is 0 Å². The van der Waals surface area contributed by atoms with Crippen LogP contribution < -0.4 is 10.6 Å². The summed E-state index contributed by atoms with van der Waals surface area (Å²) in [5, 5.41) is 0. The van der Waals surface area contributed by atoms with E-state index in [1.807, 2.05) is 0 Å². The number of ether oxygens (including phenoxy) is 1. The fourth-order valence-corrected chi connectivity index (χ4v) is 3.20. The summed E-state index contributed by atoms with van der Waals surface area (Å²) < 4.78 is 5.83. The molecule has 0 amide bonds. The number of anilines is 1. The van der Waals surface area contributed by atoms with Crippen LogP contribution in [-0.4, -0.2) is 31.3 Å². The Morgan fingerprint density at radius 2 is 2.05 bits per heavy atom. The smallest absolute Gasteiger partial charge is 0.0595 e. The normalized spacial score (nSPS) is 27.2. The van der Waals surface area contributed by atoms with Crippen LogP contribution in [0.2, 0.25) is 0 Å². The molecule has 1 aromatic carbocycles. The minimum atomic E-state index is 0.0506. The molecule has 1 heterocycles. The van der Waals surface area contributed by atoms with E-state index in [4.69, 9.17) is 10.5 Å². The summed E-state index contributed by atoms with van der Waals surface area (Å²) in [4.78, 5) is 2.47. The van der Waals surface area contributed by atoms with Gasteiger partial charge in [-0.15, -0.1) is 0 Å². The SMILES string of the molecule is CCC1CC(CN)(N(CC)c2ccccc2)CCO1. The van der Waals surface area contributed by atoms with Crippen molar-refractivity contribution in [2.45, 2.75) is 44.8 Å². The average molecular weight is 262 g/mol. The van der Waals surface area contributed by atoms with Crippen LogP contribution in [0.4, 0.5) is 5.69 Å². The first-order chi connectivity index (χ1) is 9.25. The van der Waals surface area contributed by atoms with Crippen LogP contribution in [-0.2, 0) is 4.74 Å². The van der Waals surface area contributed by atoms with Gasteiger partial charge in [-0.05, 0) is 38.3 Å². The fraction of sp³-hybridized carbons (Fsp3) is 0.625. The maximum atomic E-state index is 6.17. The third-order valence-electron chi connectivity index (χ3n) is 4.32. The van der Waals surface area contributed by atoms with Crippen molar-refractivity contribution in [1.29, 1.82) is 0 Å². The number of hydrogen-bond acceptors (Lipinski definition) is 3. The van der Waals surface area contributed by atoms with Gasteiger partial charge in [-0.2, -0.15) is 0 Å². The van der Waals surface area contributed by atoms with Crippen molar-refractivity contribution in [3.8, 4) is 0 Å². The molecule has 2 N–H and O–H groups in total. The first kappa shape index (κ1) is 14.4. The molecular formula is C16H26N2O. The van der Waals surface area contributed by atoms with Gasteiger partial charge < -0.3 is 15.4 Å². The predicted molar refractivity (Wildman–Crippen MR) is 80.5 cm³/mol. The number of para-hydroxylation sites is 1. The highest BCUT2D eigenvalue weighted by Crippen LogP contribution is 2.34. The van der Waals surface area contributed by atoms with Gasteiger partial charge in [0.1, 0.15) is 0 Å². The summed E-state index contributed by atoms with van der Waals surface area (Å²) >= 11 is 0. The first-order valence-corrected chi connectivity index (χ1v) is 7.40. The van der Waals surface area contributed by atoms with Gasteiger partial charge >= 0.3 is 0 Å². The lowest BCUT2D eigenvalue weighted by atomic mass is 9.83. The lowest BCUT2D eigenvalue weighted by Crippen LogP contribution is -2.58. The summed E-state index contributed by atoms with van der Waals surface area (Å²) in [7, 11) is 0. The monoisotopic (exact) mass is 262 g/mol. The molecule has 2 rings (SSSR count). The van der Waals surface area contributed by atoms with Crippen molar-refractivity contribution in [3.63, 3.8) is 0 Å². The molecule has 2 unspecified atom stereocenters. The van der Waals surface area contributed by atoms with Gasteiger partial charge in [0.15, 0.2) is 0 Å². The van der Waals surface area contributed by atoms with Crippen LogP contribution in [0.25, 0.3) is 0 Å². The van der Waals surface area contributed by atoms with Crippen molar-refractivity contribution in [2.24, 2.45) is 5.73 Å². The molecule has 0 bridgehead atoms. The van der Waals surface area contributed by atoms with Crippen molar-refractivity contribution >= 4 is 5.69 Å². The van der Waals surface area contributed by atoms with Gasteiger partial charge in [0.05, 0.1) is 11.6 Å². The molecule has 3 heteroatoms. The van der Waals surface area contributed by atoms with Gasteiger partial charge in [0, 0.05) is 25.4 Å². The third kappa shape index (κ3) is 2.93. The minimum Gasteiger partial charge on any atom is -0.378 e. The molecule has 0 saturated carbocycles. The van der Waals surface area contributed by atoms with Crippen molar-refractivity contribution in [3.05, 3.63) is 30.3 Å². The van der Waals surface area contributed by atoms with E-state index in [2.05, 4.69) is 49.1 Å². The van der Waals surface area contributed by atoms with Crippen LogP contribution in [0.15, 0.2) is 30.3 Å². The van der Waals surface area contributed by atoms with E-state index in [1.54, 1.807) is 0 Å². The highest BCUT2D eigenvalue weighted by molar-refractivity contribution is 5.49. The molecule has 3 nitrogen and oxygen atoms in total. The van der Waals surface area contributed by atoms with Gasteiger partial charge in [0.2, 0.25) is 0 Å². The Hall–Kier alpha value is -1.06. The van der Waals surface area contributed by atoms with Gasteiger partial charge in [-0.25, -0.2) is 0 Å². The zero-order valence-electron chi connectivity index (χ0n) is 12.1. The molecule has 0 aliphatic carbocycles. The number of likely N-dealkylation sites (N-methyl/N-ethyl adjacent to an activating group) is 1. The molecule has 1 aliphatic heterocycles. The molecule has 1 aliphatic rings. The molecule has 0 spiro atoms. The van der Waals surface area contributed by atoms with E-state index < -0.39 is 0 Å². The molecule has 1 aromatic rings. The van der Waals surface area contributed by atoms with Crippen LogP contribution in [0.5, 0.6) is 0 Å². The molecule has 2 atom stereocenters. The largest absolute Gasteiger partial charge is 0.378 e. The Kier molecular flexibility index (Phi) is 4.83. The second-order valence-electron chi connectivity index (χ2n) is 5.36. The minimum absolute atomic E-state index is 0.0506. The number of rotatable bonds is 5. The van der Waals surface area contributed by atoms with E-state index in [0.29, 0.717) is 12.6 Å². The number of hydrogen-bond donors (Lipinski definition) is 1. The molecule has 0 radical (unpaired) electrons. The molecule has 1 saturated heterocycles. The van der Waals surface area contributed by atoms with E-state index in [1.165, 1.54) is 5.69 Å². The number of benzene rings is 1. The second kappa shape index (κ2) is 6.40. The molecule has 106 valence electrons. The average Bonchev–Trinajstić information content (AvgIpc) is 2.49. The van der Waals surface area contributed by atoms with E-state index in [9.17, 15) is 0 Å². The van der Waals surface area contributed by atoms with Crippen molar-refractivity contribution < 1.29 is 4.74 Å². The van der Waals surface area contributed by atoms with Crippen LogP contribution in [0.1, 0.15) is 33.1 Å². The Bertz CT molecular complexity index is 382. The zero-order chi connectivity index (χ0) is 13.7. The molecular weight excluding hydrogens is 236 g/mol. The predicted octanol–water partition coefficient (Wildman–Crippen LogP) is 2.80. The fourth-order valence-electron chi connectivity index (χ4n) is 3.20. The lowest BCUT2D eigenvalue weighted by molar-refractivity contribution is -0.0197. The maximum absolute atomic E-state index is 6.17. The summed E-state index contributed by atoms with van der Waals surface area (Å²) in [6, 6.07) is 10.6. The highest BCUT2D eigenvalue weighted by atomic mass is 16.5. The zero-order valence-corrected chi connectivity index (χ0v) is 12.1. The molecule has 19 heavy (non-hydrogen) atoms. The Morgan fingerprint density at radius 1 is 1.32 bits per heavy atom. The van der Waals surface area contributed by atoms with Gasteiger partial charge in [-0.1, -0.05) is 25.1 Å². The number of nitrogens with zero attached hydrogens (tertiary/aromatic N) is 1. The molecule has 1 fully saturated rings. The quantitative estimate of drug-likeness (QED) is 0.887. The Labute approximate surface area is 116 Å². The highest BCUT2D eigenvalue weighted by Gasteiger charge is 2.40. The van der Waals surface area contributed by atoms with Crippen LogP contribution >= 0.6 is 0 Å². The van der Waals surface area contributed by atoms with Crippen LogP contribution in [0.3, 0.4) is 0 Å². The number of nitrogens with two attached hydrogens (primary N) is 1. The summed E-state index contributed by atoms with van der Waals surface area (Å²) in [6.45, 7) is 6.89. The Morgan fingerprint density at radius 3 is 2.63 bits per heavy atom. The standard InChI is InChI=1S/C16H26N2O/c1-3-15-12-16(13-17,10-11-19-15)18(4-2)14-8-6-5-7-9-14/h5-9,15H,3-4,10-13,17H2,1-2H3. The first-order valence-electron chi connectivity index (χ1n) is 7.40.